The van der Waals surface area contributed by atoms with Crippen LogP contribution in [0.3, 0.4) is 0 Å². The van der Waals surface area contributed by atoms with Crippen LogP contribution in [0.1, 0.15) is 58.9 Å². The maximum absolute atomic E-state index is 13.0. The number of benzene rings is 1. The highest BCUT2D eigenvalue weighted by molar-refractivity contribution is 5.86. The lowest BCUT2D eigenvalue weighted by Crippen LogP contribution is -2.51. The standard InChI is InChI=1S/C26H43N5O5/c1-6-31-15-13-19(17-31)29-24(33)22(30-25(34)36-26(2,3)4)8-7-14-28-21-11-9-18(16-20(21)27)10-12-23(32)35-5/h9,11,16,19,22,28H,6-8,10,12-15,17,27H2,1-5H3,(H,29,33)(H,30,34)/t19-,22+/m1/s1. The van der Waals surface area contributed by atoms with Gasteiger partial charge in [0.25, 0.3) is 0 Å². The third-order valence-corrected chi connectivity index (χ3v) is 6.02. The van der Waals surface area contributed by atoms with Gasteiger partial charge in [-0.2, -0.15) is 0 Å². The fourth-order valence-electron chi connectivity index (χ4n) is 4.06. The van der Waals surface area contributed by atoms with Gasteiger partial charge in [0.2, 0.25) is 5.91 Å². The fraction of sp³-hybridized carbons (Fsp3) is 0.654. The first-order chi connectivity index (χ1) is 17.0. The number of nitrogens with two attached hydrogens (primary N) is 1. The largest absolute Gasteiger partial charge is 0.469 e. The highest BCUT2D eigenvalue weighted by Crippen LogP contribution is 2.21. The van der Waals surface area contributed by atoms with Gasteiger partial charge in [-0.25, -0.2) is 4.79 Å². The monoisotopic (exact) mass is 505 g/mol. The number of alkyl carbamates (subject to hydrolysis) is 1. The topological polar surface area (TPSA) is 135 Å². The Bertz CT molecular complexity index is 886. The Morgan fingerprint density at radius 1 is 1.25 bits per heavy atom. The number of likely N-dealkylation sites (N-methyl/N-ethyl adjacent to an activating group) is 1. The molecule has 2 amide bonds. The number of carbonyl (C=O) groups is 3. The first-order valence-corrected chi connectivity index (χ1v) is 12.7. The molecule has 1 heterocycles. The van der Waals surface area contributed by atoms with E-state index in [2.05, 4.69) is 32.5 Å². The van der Waals surface area contributed by atoms with Gasteiger partial charge in [0, 0.05) is 32.1 Å². The number of amides is 2. The van der Waals surface area contributed by atoms with Gasteiger partial charge in [0.1, 0.15) is 11.6 Å². The van der Waals surface area contributed by atoms with Gasteiger partial charge in [-0.1, -0.05) is 13.0 Å². The van der Waals surface area contributed by atoms with Gasteiger partial charge < -0.3 is 36.1 Å². The number of nitrogen functional groups attached to an aromatic ring is 1. The van der Waals surface area contributed by atoms with E-state index in [1.54, 1.807) is 20.8 Å². The Morgan fingerprint density at radius 3 is 2.61 bits per heavy atom. The summed E-state index contributed by atoms with van der Waals surface area (Å²) in [7, 11) is 1.37. The zero-order chi connectivity index (χ0) is 26.7. The minimum atomic E-state index is -0.699. The van der Waals surface area contributed by atoms with Crippen LogP contribution in [0, 0.1) is 0 Å². The Kier molecular flexibility index (Phi) is 11.3. The predicted octanol–water partition coefficient (Wildman–Crippen LogP) is 2.67. The molecule has 5 N–H and O–H groups in total. The van der Waals surface area contributed by atoms with Gasteiger partial charge in [0.15, 0.2) is 0 Å². The first-order valence-electron chi connectivity index (χ1n) is 12.7. The van der Waals surface area contributed by atoms with Crippen LogP contribution in [0.15, 0.2) is 18.2 Å². The minimum absolute atomic E-state index is 0.0796. The van der Waals surface area contributed by atoms with E-state index in [9.17, 15) is 14.4 Å². The number of carbonyl (C=O) groups excluding carboxylic acids is 3. The molecule has 0 aromatic heterocycles. The summed E-state index contributed by atoms with van der Waals surface area (Å²) in [6.07, 6.45) is 2.22. The number of anilines is 2. The number of nitrogens with zero attached hydrogens (tertiary/aromatic N) is 1. The molecule has 2 atom stereocenters. The van der Waals surface area contributed by atoms with Crippen molar-refractivity contribution >= 4 is 29.3 Å². The summed E-state index contributed by atoms with van der Waals surface area (Å²) in [6.45, 7) is 10.8. The molecule has 1 aromatic carbocycles. The molecule has 0 spiro atoms. The molecule has 1 fully saturated rings. The van der Waals surface area contributed by atoms with Crippen LogP contribution in [0.5, 0.6) is 0 Å². The normalized spacial score (nSPS) is 16.8. The summed E-state index contributed by atoms with van der Waals surface area (Å²) in [6, 6.07) is 5.02. The zero-order valence-electron chi connectivity index (χ0n) is 22.3. The van der Waals surface area contributed by atoms with Crippen molar-refractivity contribution in [3.63, 3.8) is 0 Å². The number of nitrogens with one attached hydrogen (secondary N) is 3. The van der Waals surface area contributed by atoms with Gasteiger partial charge in [-0.05, 0) is 70.7 Å². The Labute approximate surface area is 214 Å². The number of likely N-dealkylation sites (tertiary alicyclic amines) is 1. The zero-order valence-corrected chi connectivity index (χ0v) is 22.3. The molecule has 10 heteroatoms. The van der Waals surface area contributed by atoms with Crippen LogP contribution in [-0.4, -0.2) is 73.8 Å². The molecule has 10 nitrogen and oxygen atoms in total. The number of methoxy groups -OCH3 is 1. The molecule has 36 heavy (non-hydrogen) atoms. The van der Waals surface area contributed by atoms with Crippen molar-refractivity contribution in [1.29, 1.82) is 0 Å². The van der Waals surface area contributed by atoms with E-state index >= 15 is 0 Å². The number of esters is 1. The number of rotatable bonds is 12. The van der Waals surface area contributed by atoms with Crippen molar-refractivity contribution in [2.45, 2.75) is 77.5 Å². The molecule has 0 aliphatic carbocycles. The molecule has 1 aliphatic rings. The molecule has 0 unspecified atom stereocenters. The number of hydrogen-bond donors (Lipinski definition) is 4. The van der Waals surface area contributed by atoms with Gasteiger partial charge >= 0.3 is 12.1 Å². The molecule has 2 rings (SSSR count). The summed E-state index contributed by atoms with van der Waals surface area (Å²) < 4.78 is 10.0. The van der Waals surface area contributed by atoms with Crippen LogP contribution >= 0.6 is 0 Å². The summed E-state index contributed by atoms with van der Waals surface area (Å²) >= 11 is 0. The molecule has 1 saturated heterocycles. The van der Waals surface area contributed by atoms with E-state index in [-0.39, 0.29) is 17.9 Å². The smallest absolute Gasteiger partial charge is 0.408 e. The predicted molar refractivity (Wildman–Crippen MR) is 141 cm³/mol. The summed E-state index contributed by atoms with van der Waals surface area (Å²) in [5.74, 6) is -0.455. The lowest BCUT2D eigenvalue weighted by molar-refractivity contribution is -0.140. The molecule has 202 valence electrons. The van der Waals surface area contributed by atoms with E-state index in [0.717, 1.165) is 37.3 Å². The minimum Gasteiger partial charge on any atom is -0.469 e. The SMILES string of the molecule is CCN1CC[C@@H](NC(=O)[C@H](CCCNc2ccc(CCC(=O)OC)cc2N)NC(=O)OC(C)(C)C)C1. The van der Waals surface area contributed by atoms with Crippen molar-refractivity contribution in [3.8, 4) is 0 Å². The second-order valence-corrected chi connectivity index (χ2v) is 10.2. The number of aryl methyl sites for hydroxylation is 1. The Balaban J connectivity index is 1.90. The van der Waals surface area contributed by atoms with Crippen molar-refractivity contribution in [2.75, 3.05) is 44.3 Å². The highest BCUT2D eigenvalue weighted by atomic mass is 16.6. The quantitative estimate of drug-likeness (QED) is 0.193. The van der Waals surface area contributed by atoms with E-state index < -0.39 is 17.7 Å². The average Bonchev–Trinajstić information content (AvgIpc) is 3.26. The Hall–Kier alpha value is -3.01. The first kappa shape index (κ1) is 29.2. The van der Waals surface area contributed by atoms with Crippen LogP contribution in [0.2, 0.25) is 0 Å². The van der Waals surface area contributed by atoms with Crippen LogP contribution in [0.25, 0.3) is 0 Å². The molecule has 0 saturated carbocycles. The lowest BCUT2D eigenvalue weighted by atomic mass is 10.1. The van der Waals surface area contributed by atoms with E-state index in [1.807, 2.05) is 18.2 Å². The summed E-state index contributed by atoms with van der Waals surface area (Å²) in [5.41, 5.74) is 7.83. The number of hydrogen-bond acceptors (Lipinski definition) is 8. The van der Waals surface area contributed by atoms with Crippen molar-refractivity contribution in [2.24, 2.45) is 0 Å². The molecular formula is C26H43N5O5. The summed E-state index contributed by atoms with van der Waals surface area (Å²) in [4.78, 5) is 39.0. The highest BCUT2D eigenvalue weighted by Gasteiger charge is 2.28. The second kappa shape index (κ2) is 13.9. The lowest BCUT2D eigenvalue weighted by Gasteiger charge is -2.24. The molecule has 0 bridgehead atoms. The maximum atomic E-state index is 13.0. The molecule has 1 aromatic rings. The van der Waals surface area contributed by atoms with Crippen molar-refractivity contribution < 1.29 is 23.9 Å². The number of ether oxygens (including phenoxy) is 2. The third-order valence-electron chi connectivity index (χ3n) is 6.02. The van der Waals surface area contributed by atoms with E-state index in [4.69, 9.17) is 10.5 Å². The molecule has 0 radical (unpaired) electrons. The van der Waals surface area contributed by atoms with E-state index in [0.29, 0.717) is 37.9 Å². The Morgan fingerprint density at radius 2 is 2.00 bits per heavy atom. The van der Waals surface area contributed by atoms with Crippen LogP contribution < -0.4 is 21.7 Å². The van der Waals surface area contributed by atoms with Crippen molar-refractivity contribution in [1.82, 2.24) is 15.5 Å². The summed E-state index contributed by atoms with van der Waals surface area (Å²) in [5, 5.41) is 9.12. The van der Waals surface area contributed by atoms with Crippen LogP contribution in [-0.2, 0) is 25.5 Å². The fourth-order valence-corrected chi connectivity index (χ4v) is 4.06. The van der Waals surface area contributed by atoms with Gasteiger partial charge in [-0.3, -0.25) is 9.59 Å². The second-order valence-electron chi connectivity index (χ2n) is 10.2. The molecule has 1 aliphatic heterocycles. The third kappa shape index (κ3) is 10.3. The maximum Gasteiger partial charge on any atom is 0.408 e. The van der Waals surface area contributed by atoms with Crippen molar-refractivity contribution in [3.05, 3.63) is 23.8 Å². The van der Waals surface area contributed by atoms with Gasteiger partial charge in [0.05, 0.1) is 18.5 Å². The molecular weight excluding hydrogens is 462 g/mol. The van der Waals surface area contributed by atoms with Crippen LogP contribution in [0.4, 0.5) is 16.2 Å². The van der Waals surface area contributed by atoms with Gasteiger partial charge in [-0.15, -0.1) is 0 Å². The average molecular weight is 506 g/mol. The van der Waals surface area contributed by atoms with E-state index in [1.165, 1.54) is 7.11 Å².